The molecule has 202 valence electrons. The van der Waals surface area contributed by atoms with Crippen LogP contribution >= 0.6 is 0 Å². The Labute approximate surface area is 234 Å². The van der Waals surface area contributed by atoms with Gasteiger partial charge in [-0.3, -0.25) is 0 Å². The van der Waals surface area contributed by atoms with Crippen molar-refractivity contribution < 1.29 is 9.31 Å². The third-order valence-electron chi connectivity index (χ3n) is 8.17. The Morgan fingerprint density at radius 2 is 1.00 bits per heavy atom. The summed E-state index contributed by atoms with van der Waals surface area (Å²) in [5.74, 6) is 3.45. The predicted molar refractivity (Wildman–Crippen MR) is 167 cm³/mol. The maximum absolute atomic E-state index is 6.29. The summed E-state index contributed by atoms with van der Waals surface area (Å²) in [5, 5.41) is 4.80. The zero-order valence-corrected chi connectivity index (χ0v) is 23.6. The Hall–Kier alpha value is -3.34. The van der Waals surface area contributed by atoms with Crippen LogP contribution in [0.5, 0.6) is 11.5 Å². The van der Waals surface area contributed by atoms with E-state index in [-0.39, 0.29) is 7.69 Å². The second-order valence-corrected chi connectivity index (χ2v) is 11.4. The minimum Gasteiger partial charge on any atom is -0.528 e. The van der Waals surface area contributed by atoms with E-state index in [2.05, 4.69) is 96.4 Å². The van der Waals surface area contributed by atoms with Gasteiger partial charge in [-0.15, -0.1) is 0 Å². The van der Waals surface area contributed by atoms with Crippen molar-refractivity contribution in [1.82, 2.24) is 0 Å². The fraction of sp³-hybridized carbons (Fsp3) is 0.412. The molecule has 0 amide bonds. The Bertz CT molecular complexity index is 1310. The highest BCUT2D eigenvalue weighted by Crippen LogP contribution is 2.39. The predicted octanol–water partition coefficient (Wildman–Crippen LogP) is 7.97. The van der Waals surface area contributed by atoms with Gasteiger partial charge in [-0.25, -0.2) is 0 Å². The molecule has 0 saturated heterocycles. The van der Waals surface area contributed by atoms with Gasteiger partial charge in [0.1, 0.15) is 11.5 Å². The number of benzene rings is 4. The van der Waals surface area contributed by atoms with E-state index in [4.69, 9.17) is 9.31 Å². The summed E-state index contributed by atoms with van der Waals surface area (Å²) >= 11 is 0. The lowest BCUT2D eigenvalue weighted by Gasteiger charge is -2.27. The summed E-state index contributed by atoms with van der Waals surface area (Å²) in [6.07, 6.45) is 7.76. The van der Waals surface area contributed by atoms with E-state index in [1.165, 1.54) is 47.8 Å². The fourth-order valence-electron chi connectivity index (χ4n) is 5.85. The number of nitrogens with zero attached hydrogens (tertiary/aromatic N) is 2. The first-order valence-electron chi connectivity index (χ1n) is 15.0. The summed E-state index contributed by atoms with van der Waals surface area (Å²) in [7, 11) is 0.175. The van der Waals surface area contributed by atoms with Crippen molar-refractivity contribution in [2.24, 2.45) is 11.8 Å². The van der Waals surface area contributed by atoms with Gasteiger partial charge in [0.25, 0.3) is 0 Å². The van der Waals surface area contributed by atoms with Gasteiger partial charge in [0.15, 0.2) is 0 Å². The van der Waals surface area contributed by atoms with Crippen molar-refractivity contribution >= 4 is 40.6 Å². The lowest BCUT2D eigenvalue weighted by Crippen LogP contribution is -2.26. The molecule has 2 saturated carbocycles. The van der Waals surface area contributed by atoms with Crippen molar-refractivity contribution in [2.75, 3.05) is 36.0 Å². The van der Waals surface area contributed by atoms with Crippen LogP contribution in [0.25, 0.3) is 21.5 Å². The maximum Gasteiger partial charge on any atom is 0.576 e. The van der Waals surface area contributed by atoms with Gasteiger partial charge in [0.2, 0.25) is 0 Å². The molecule has 4 aromatic rings. The first-order valence-corrected chi connectivity index (χ1v) is 15.0. The lowest BCUT2D eigenvalue weighted by molar-refractivity contribution is 0.465. The van der Waals surface area contributed by atoms with E-state index in [9.17, 15) is 0 Å². The quantitative estimate of drug-likeness (QED) is 0.158. The lowest BCUT2D eigenvalue weighted by atomic mass is 10.1. The molecule has 2 aliphatic carbocycles. The van der Waals surface area contributed by atoms with Crippen LogP contribution in [-0.2, 0) is 0 Å². The van der Waals surface area contributed by atoms with Gasteiger partial charge in [-0.1, -0.05) is 62.4 Å². The molecule has 0 radical (unpaired) electrons. The smallest absolute Gasteiger partial charge is 0.528 e. The molecule has 0 atom stereocenters. The number of hydrogen-bond donors (Lipinski definition) is 0. The van der Waals surface area contributed by atoms with Crippen molar-refractivity contribution in [3.05, 3.63) is 72.8 Å². The molecule has 39 heavy (non-hydrogen) atoms. The summed E-state index contributed by atoms with van der Waals surface area (Å²) in [6, 6.07) is 26.0. The van der Waals surface area contributed by atoms with Gasteiger partial charge in [0.05, 0.1) is 0 Å². The molecule has 2 aliphatic rings. The summed E-state index contributed by atoms with van der Waals surface area (Å²) in [6.45, 7) is 9.01. The zero-order valence-electron chi connectivity index (χ0n) is 23.6. The van der Waals surface area contributed by atoms with E-state index in [1.807, 2.05) is 0 Å². The number of anilines is 2. The third-order valence-corrected chi connectivity index (χ3v) is 8.17. The topological polar surface area (TPSA) is 24.9 Å². The molecule has 4 nitrogen and oxygen atoms in total. The normalized spacial score (nSPS) is 14.9. The van der Waals surface area contributed by atoms with E-state index >= 15 is 0 Å². The highest BCUT2D eigenvalue weighted by molar-refractivity contribution is 6.22. The van der Waals surface area contributed by atoms with Crippen LogP contribution in [0.2, 0.25) is 0 Å². The van der Waals surface area contributed by atoms with E-state index in [0.29, 0.717) is 0 Å². The van der Waals surface area contributed by atoms with Crippen LogP contribution in [0.4, 0.5) is 11.4 Å². The maximum atomic E-state index is 6.29. The van der Waals surface area contributed by atoms with Gasteiger partial charge >= 0.3 is 7.69 Å². The van der Waals surface area contributed by atoms with Gasteiger partial charge in [-0.05, 0) is 74.6 Å². The summed E-state index contributed by atoms with van der Waals surface area (Å²) < 4.78 is 12.6. The van der Waals surface area contributed by atoms with Gasteiger partial charge < -0.3 is 19.1 Å². The van der Waals surface area contributed by atoms with Crippen LogP contribution in [0, 0.1) is 11.8 Å². The molecule has 2 fully saturated rings. The van der Waals surface area contributed by atoms with Crippen LogP contribution < -0.4 is 19.1 Å². The molecule has 0 aliphatic heterocycles. The number of hydrogen-bond acceptors (Lipinski definition) is 4. The van der Waals surface area contributed by atoms with Gasteiger partial charge in [-0.2, -0.15) is 0 Å². The molecular weight excluding hydrogens is 479 g/mol. The molecule has 6 rings (SSSR count). The minimum absolute atomic E-state index is 0.175. The van der Waals surface area contributed by atoms with Gasteiger partial charge in [0, 0.05) is 59.1 Å². The van der Waals surface area contributed by atoms with E-state index in [0.717, 1.165) is 73.1 Å². The third kappa shape index (κ3) is 5.98. The zero-order chi connectivity index (χ0) is 26.6. The van der Waals surface area contributed by atoms with Crippen molar-refractivity contribution in [2.45, 2.75) is 52.4 Å². The van der Waals surface area contributed by atoms with Crippen LogP contribution in [0.15, 0.2) is 72.8 Å². The largest absolute Gasteiger partial charge is 0.576 e. The highest BCUT2D eigenvalue weighted by Gasteiger charge is 2.26. The molecule has 4 aromatic carbocycles. The van der Waals surface area contributed by atoms with E-state index in [1.54, 1.807) is 0 Å². The molecular formula is C34H41BN2O2. The van der Waals surface area contributed by atoms with E-state index < -0.39 is 0 Å². The Kier molecular flexibility index (Phi) is 7.85. The van der Waals surface area contributed by atoms with Crippen LogP contribution in [0.1, 0.15) is 52.4 Å². The Morgan fingerprint density at radius 3 is 1.38 bits per heavy atom. The fourth-order valence-corrected chi connectivity index (χ4v) is 5.85. The first kappa shape index (κ1) is 25.9. The van der Waals surface area contributed by atoms with Crippen LogP contribution in [0.3, 0.4) is 0 Å². The molecule has 0 heterocycles. The average molecular weight is 521 g/mol. The standard InChI is InChI=1S/C34H41BN2O2/c1-3-21-36(23-25-13-14-25)31-17-19-33(29-11-7-5-9-27(29)31)38-35-39-34-20-18-32(28-10-6-8-12-30(28)34)37(22-4-2)24-26-15-16-26/h5-12,17-20,25-26,35H,3-4,13-16,21-24H2,1-2H3. The second kappa shape index (κ2) is 11.8. The summed E-state index contributed by atoms with van der Waals surface area (Å²) in [4.78, 5) is 5.14. The highest BCUT2D eigenvalue weighted by atomic mass is 16.6. The second-order valence-electron chi connectivity index (χ2n) is 11.4. The molecule has 0 bridgehead atoms. The SMILES string of the molecule is CCCN(CC1CC1)c1ccc(OBOc2ccc(N(CCC)CC3CC3)c3ccccc23)c2ccccc12. The first-order chi connectivity index (χ1) is 19.2. The molecule has 5 heteroatoms. The minimum atomic E-state index is 0.175. The number of rotatable bonds is 14. The summed E-state index contributed by atoms with van der Waals surface area (Å²) in [5.41, 5.74) is 2.63. The van der Waals surface area contributed by atoms with Crippen LogP contribution in [-0.4, -0.2) is 33.9 Å². The molecule has 0 aromatic heterocycles. The molecule has 0 N–H and O–H groups in total. The number of fused-ring (bicyclic) bond motifs is 2. The monoisotopic (exact) mass is 520 g/mol. The average Bonchev–Trinajstić information content (AvgIpc) is 3.90. The Morgan fingerprint density at radius 1 is 0.590 bits per heavy atom. The van der Waals surface area contributed by atoms with Crippen molar-refractivity contribution in [3.63, 3.8) is 0 Å². The Balaban J connectivity index is 1.21. The molecule has 0 unspecified atom stereocenters. The molecule has 0 spiro atoms. The van der Waals surface area contributed by atoms with Crippen molar-refractivity contribution in [3.8, 4) is 11.5 Å². The van der Waals surface area contributed by atoms with Crippen molar-refractivity contribution in [1.29, 1.82) is 0 Å².